The molecule has 4 rings (SSSR count). The molecule has 11 nitrogen and oxygen atoms in total. The molecule has 2 heterocycles. The van der Waals surface area contributed by atoms with Gasteiger partial charge in [-0.25, -0.2) is 10.5 Å². The number of carbonyl (C=O) groups excluding carboxylic acids is 1. The van der Waals surface area contributed by atoms with Gasteiger partial charge in [-0.15, -0.1) is 0 Å². The molecule has 0 fully saturated rings. The predicted octanol–water partition coefficient (Wildman–Crippen LogP) is 1.38. The smallest absolute Gasteiger partial charge is 0.423 e. The van der Waals surface area contributed by atoms with Crippen LogP contribution in [0.3, 0.4) is 0 Å². The number of nitrogens with two attached hydrogens (primary N) is 1. The van der Waals surface area contributed by atoms with Gasteiger partial charge in [0.15, 0.2) is 5.82 Å². The van der Waals surface area contributed by atoms with E-state index in [-0.39, 0.29) is 12.5 Å². The van der Waals surface area contributed by atoms with Gasteiger partial charge in [-0.3, -0.25) is 4.79 Å². The Balaban J connectivity index is 0.00000158. The third-order valence-corrected chi connectivity index (χ3v) is 6.24. The van der Waals surface area contributed by atoms with Crippen LogP contribution in [0.5, 0.6) is 0 Å². The summed E-state index contributed by atoms with van der Waals surface area (Å²) in [5.74, 6) is 3.80. The van der Waals surface area contributed by atoms with Crippen molar-refractivity contribution in [2.24, 2.45) is 5.90 Å². The number of benzene rings is 2. The van der Waals surface area contributed by atoms with Crippen molar-refractivity contribution in [3.63, 3.8) is 0 Å². The zero-order chi connectivity index (χ0) is 24.7. The molecule has 34 heavy (non-hydrogen) atoms. The highest BCUT2D eigenvalue weighted by atomic mass is 79.9. The number of hydrogen-bond acceptors (Lipinski definition) is 10. The number of nitrogens with one attached hydrogen (secondary N) is 2. The lowest BCUT2D eigenvalue weighted by Crippen LogP contribution is -2.33. The zero-order valence-electron chi connectivity index (χ0n) is 18.8. The van der Waals surface area contributed by atoms with E-state index in [0.717, 1.165) is 32.3 Å². The van der Waals surface area contributed by atoms with Gasteiger partial charge in [0.05, 0.1) is 19.7 Å². The summed E-state index contributed by atoms with van der Waals surface area (Å²) in [5, 5.41) is 30.4. The first-order valence-corrected chi connectivity index (χ1v) is 11.2. The molecule has 1 aliphatic heterocycles. The van der Waals surface area contributed by atoms with E-state index in [1.165, 1.54) is 0 Å². The molecule has 0 unspecified atom stereocenters. The molecule has 0 atom stereocenters. The topological polar surface area (TPSA) is 159 Å². The van der Waals surface area contributed by atoms with Crippen LogP contribution in [0.2, 0.25) is 0 Å². The summed E-state index contributed by atoms with van der Waals surface area (Å²) in [6.07, 6.45) is 0. The monoisotopic (exact) mass is 532 g/mol. The summed E-state index contributed by atoms with van der Waals surface area (Å²) in [7, 11) is 0.828. The summed E-state index contributed by atoms with van der Waals surface area (Å²) < 4.78 is 11.2. The minimum atomic E-state index is -0.902. The van der Waals surface area contributed by atoms with E-state index in [1.54, 1.807) is 11.9 Å². The lowest BCUT2D eigenvalue weighted by molar-refractivity contribution is -0.128. The second-order valence-corrected chi connectivity index (χ2v) is 8.48. The standard InChI is InChI=1S/C21H23BBrN5O4.H3NO/c1-13-6-7-15(8-18(13)23)24-9-19-21(27-32-26-19)25-10-20(29)28(2)11-14-4-3-5-17-16(14)12-31-22(17)30;1-2/h3-8,24,30H,9-12H2,1-2H3,(H,25,27);2H,1H2. The number of anilines is 2. The molecule has 0 saturated carbocycles. The molecule has 1 amide bonds. The van der Waals surface area contributed by atoms with Gasteiger partial charge in [-0.2, -0.15) is 0 Å². The largest absolute Gasteiger partial charge is 0.491 e. The van der Waals surface area contributed by atoms with Crippen LogP contribution in [0, 0.1) is 6.92 Å². The van der Waals surface area contributed by atoms with E-state index in [1.807, 2.05) is 43.3 Å². The maximum Gasteiger partial charge on any atom is 0.491 e. The molecule has 6 N–H and O–H groups in total. The first-order chi connectivity index (χ1) is 16.4. The summed E-state index contributed by atoms with van der Waals surface area (Å²) in [4.78, 5) is 14.3. The molecule has 0 spiro atoms. The highest BCUT2D eigenvalue weighted by Crippen LogP contribution is 2.22. The lowest BCUT2D eigenvalue weighted by atomic mass is 9.78. The minimum Gasteiger partial charge on any atom is -0.423 e. The summed E-state index contributed by atoms with van der Waals surface area (Å²) in [5.41, 5.74) is 5.29. The summed E-state index contributed by atoms with van der Waals surface area (Å²) in [6.45, 7) is 3.21. The van der Waals surface area contributed by atoms with Gasteiger partial charge < -0.3 is 30.4 Å². The normalized spacial score (nSPS) is 12.0. The maximum absolute atomic E-state index is 12.7. The fourth-order valence-electron chi connectivity index (χ4n) is 3.45. The molecular weight excluding hydrogens is 507 g/mol. The summed E-state index contributed by atoms with van der Waals surface area (Å²) in [6, 6.07) is 11.6. The molecule has 0 saturated heterocycles. The van der Waals surface area contributed by atoms with Gasteiger partial charge in [0, 0.05) is 23.8 Å². The first kappa shape index (κ1) is 25.7. The van der Waals surface area contributed by atoms with E-state index >= 15 is 0 Å². The molecule has 0 radical (unpaired) electrons. The number of carbonyl (C=O) groups is 1. The Labute approximate surface area is 205 Å². The molecule has 0 bridgehead atoms. The third-order valence-electron chi connectivity index (χ3n) is 5.39. The molecule has 0 aliphatic carbocycles. The van der Waals surface area contributed by atoms with Gasteiger partial charge in [-0.05, 0) is 46.4 Å². The average Bonchev–Trinajstić information content (AvgIpc) is 3.46. The van der Waals surface area contributed by atoms with Crippen molar-refractivity contribution in [1.29, 1.82) is 0 Å². The van der Waals surface area contributed by atoms with Gasteiger partial charge in [0.1, 0.15) is 5.69 Å². The van der Waals surface area contributed by atoms with Crippen molar-refractivity contribution in [2.75, 3.05) is 24.2 Å². The Morgan fingerprint density at radius 3 is 2.82 bits per heavy atom. The maximum atomic E-state index is 12.7. The van der Waals surface area contributed by atoms with E-state index in [2.05, 4.69) is 42.8 Å². The van der Waals surface area contributed by atoms with Crippen molar-refractivity contribution in [2.45, 2.75) is 26.6 Å². The molecule has 180 valence electrons. The van der Waals surface area contributed by atoms with Crippen LogP contribution in [0.25, 0.3) is 0 Å². The van der Waals surface area contributed by atoms with E-state index < -0.39 is 7.12 Å². The number of fused-ring (bicyclic) bond motifs is 1. The number of likely N-dealkylation sites (N-methyl/N-ethyl adjacent to an activating group) is 1. The molecule has 1 aliphatic rings. The Morgan fingerprint density at radius 2 is 2.06 bits per heavy atom. The number of hydrogen-bond donors (Lipinski definition) is 5. The predicted molar refractivity (Wildman–Crippen MR) is 130 cm³/mol. The van der Waals surface area contributed by atoms with Gasteiger partial charge in [0.25, 0.3) is 0 Å². The number of amides is 1. The van der Waals surface area contributed by atoms with Crippen LogP contribution in [-0.2, 0) is 29.1 Å². The second kappa shape index (κ2) is 11.9. The molecule has 3 aromatic rings. The van der Waals surface area contributed by atoms with E-state index in [4.69, 9.17) is 14.5 Å². The number of rotatable bonds is 8. The Kier molecular flexibility index (Phi) is 9.02. The summed E-state index contributed by atoms with van der Waals surface area (Å²) >= 11 is 3.52. The quantitative estimate of drug-likeness (QED) is 0.212. The Morgan fingerprint density at radius 1 is 1.26 bits per heavy atom. The molecule has 2 aromatic carbocycles. The van der Waals surface area contributed by atoms with Crippen LogP contribution in [-0.4, -0.2) is 52.1 Å². The highest BCUT2D eigenvalue weighted by molar-refractivity contribution is 9.10. The fourth-order valence-corrected chi connectivity index (χ4v) is 3.82. The number of halogens is 1. The van der Waals surface area contributed by atoms with Crippen molar-refractivity contribution >= 4 is 45.9 Å². The van der Waals surface area contributed by atoms with Crippen LogP contribution < -0.4 is 22.0 Å². The van der Waals surface area contributed by atoms with Gasteiger partial charge in [-0.1, -0.05) is 45.4 Å². The number of aryl methyl sites for hydroxylation is 1. The number of aromatic nitrogens is 2. The van der Waals surface area contributed by atoms with Crippen molar-refractivity contribution in [3.05, 3.63) is 63.3 Å². The van der Waals surface area contributed by atoms with E-state index in [0.29, 0.717) is 31.2 Å². The van der Waals surface area contributed by atoms with Crippen LogP contribution in [0.4, 0.5) is 11.5 Å². The first-order valence-electron chi connectivity index (χ1n) is 10.4. The molecular formula is C21H26BBrN6O5. The van der Waals surface area contributed by atoms with Crippen LogP contribution in [0.15, 0.2) is 45.5 Å². The second-order valence-electron chi connectivity index (χ2n) is 7.63. The fraction of sp³-hybridized carbons (Fsp3) is 0.286. The van der Waals surface area contributed by atoms with Gasteiger partial charge in [0.2, 0.25) is 5.91 Å². The third kappa shape index (κ3) is 6.13. The number of nitrogens with zero attached hydrogens (tertiary/aromatic N) is 3. The zero-order valence-corrected chi connectivity index (χ0v) is 20.4. The molecule has 13 heteroatoms. The minimum absolute atomic E-state index is 0.0436. The Hall–Kier alpha value is -2.97. The Bertz CT molecular complexity index is 1130. The van der Waals surface area contributed by atoms with Crippen molar-refractivity contribution in [1.82, 2.24) is 15.2 Å². The van der Waals surface area contributed by atoms with E-state index in [9.17, 15) is 9.82 Å². The van der Waals surface area contributed by atoms with Gasteiger partial charge >= 0.3 is 7.12 Å². The average molecular weight is 533 g/mol. The lowest BCUT2D eigenvalue weighted by Gasteiger charge is -2.19. The van der Waals surface area contributed by atoms with Crippen LogP contribution in [0.1, 0.15) is 22.4 Å². The van der Waals surface area contributed by atoms with Crippen molar-refractivity contribution in [3.8, 4) is 0 Å². The highest BCUT2D eigenvalue weighted by Gasteiger charge is 2.29. The molecule has 1 aromatic heterocycles. The van der Waals surface area contributed by atoms with Crippen LogP contribution >= 0.6 is 15.9 Å². The van der Waals surface area contributed by atoms with Crippen molar-refractivity contribution < 1.29 is 24.3 Å². The SMILES string of the molecule is Cc1ccc(NCc2nonc2NCC(=O)N(C)Cc2cccc3c2COB3O)cc1Br.NO.